The summed E-state index contributed by atoms with van der Waals surface area (Å²) in [6, 6.07) is 5.12. The largest absolute Gasteiger partial charge is 0.493 e. The summed E-state index contributed by atoms with van der Waals surface area (Å²) in [6.07, 6.45) is -3.21. The van der Waals surface area contributed by atoms with Crippen LogP contribution < -0.4 is 20.5 Å². The lowest BCUT2D eigenvalue weighted by Gasteiger charge is -2.20. The van der Waals surface area contributed by atoms with Crippen LogP contribution in [-0.2, 0) is 17.5 Å². The quantitative estimate of drug-likeness (QED) is 0.352. The molecule has 1 aliphatic rings. The molecule has 3 N–H and O–H groups in total. The van der Waals surface area contributed by atoms with Crippen molar-refractivity contribution in [3.63, 3.8) is 0 Å². The average molecular weight is 480 g/mol. The Bertz CT molecular complexity index is 1230. The molecule has 3 aromatic rings. The van der Waals surface area contributed by atoms with Crippen LogP contribution in [0.2, 0.25) is 0 Å². The Kier molecular flexibility index (Phi) is 6.15. The van der Waals surface area contributed by atoms with Crippen LogP contribution in [0.4, 0.5) is 29.1 Å². The molecule has 0 unspecified atom stereocenters. The van der Waals surface area contributed by atoms with E-state index in [9.17, 15) is 17.6 Å². The third kappa shape index (κ3) is 4.79. The molecule has 34 heavy (non-hydrogen) atoms. The van der Waals surface area contributed by atoms with Crippen LogP contribution in [0.3, 0.4) is 0 Å². The number of alkyl halides is 3. The van der Waals surface area contributed by atoms with Gasteiger partial charge in [-0.15, -0.1) is 0 Å². The Balaban J connectivity index is 1.71. The number of rotatable bonds is 8. The number of nitrogens with zero attached hydrogens (tertiary/aromatic N) is 2. The van der Waals surface area contributed by atoms with E-state index in [1.54, 1.807) is 26.2 Å². The van der Waals surface area contributed by atoms with Gasteiger partial charge in [-0.3, -0.25) is 0 Å². The number of methoxy groups -OCH3 is 2. The van der Waals surface area contributed by atoms with Crippen molar-refractivity contribution < 1.29 is 31.8 Å². The minimum Gasteiger partial charge on any atom is -0.493 e. The third-order valence-corrected chi connectivity index (χ3v) is 5.56. The maximum Gasteiger partial charge on any atom is 0.419 e. The normalized spacial score (nSPS) is 14.8. The van der Waals surface area contributed by atoms with Gasteiger partial charge in [0.25, 0.3) is 0 Å². The first kappa shape index (κ1) is 23.8. The van der Waals surface area contributed by atoms with Gasteiger partial charge in [0.2, 0.25) is 0 Å². The summed E-state index contributed by atoms with van der Waals surface area (Å²) in [6.45, 7) is 1.81. The Hall–Kier alpha value is -3.34. The molecule has 1 saturated carbocycles. The summed E-state index contributed by atoms with van der Waals surface area (Å²) < 4.78 is 71.0. The number of nitrogens with two attached hydrogens (primary N) is 1. The monoisotopic (exact) mass is 480 g/mol. The van der Waals surface area contributed by atoms with Crippen LogP contribution in [0.25, 0.3) is 10.9 Å². The van der Waals surface area contributed by atoms with Gasteiger partial charge < -0.3 is 25.3 Å². The van der Waals surface area contributed by atoms with Crippen molar-refractivity contribution in [3.05, 3.63) is 47.0 Å². The first-order valence-electron chi connectivity index (χ1n) is 10.5. The fourth-order valence-corrected chi connectivity index (χ4v) is 3.76. The van der Waals surface area contributed by atoms with E-state index in [4.69, 9.17) is 19.9 Å². The highest BCUT2D eigenvalue weighted by atomic mass is 19.4. The number of nitrogen functional groups attached to an aromatic ring is 1. The number of aromatic nitrogens is 2. The van der Waals surface area contributed by atoms with Crippen LogP contribution >= 0.6 is 0 Å². The highest BCUT2D eigenvalue weighted by Crippen LogP contribution is 2.44. The number of halogens is 4. The van der Waals surface area contributed by atoms with Crippen molar-refractivity contribution >= 4 is 22.4 Å². The molecule has 0 spiro atoms. The molecule has 1 aromatic heterocycles. The molecular weight excluding hydrogens is 456 g/mol. The average Bonchev–Trinajstić information content (AvgIpc) is 3.52. The molecule has 1 aliphatic carbocycles. The molecule has 11 heteroatoms. The van der Waals surface area contributed by atoms with Crippen molar-refractivity contribution in [2.45, 2.75) is 38.1 Å². The summed E-state index contributed by atoms with van der Waals surface area (Å²) in [5.74, 6) is 0.255. The third-order valence-electron chi connectivity index (χ3n) is 5.56. The van der Waals surface area contributed by atoms with E-state index in [0.717, 1.165) is 18.9 Å². The van der Waals surface area contributed by atoms with Gasteiger partial charge >= 0.3 is 6.18 Å². The Morgan fingerprint density at radius 2 is 1.82 bits per heavy atom. The van der Waals surface area contributed by atoms with E-state index >= 15 is 0 Å². The maximum absolute atomic E-state index is 14.6. The van der Waals surface area contributed by atoms with Gasteiger partial charge in [-0.05, 0) is 38.0 Å². The van der Waals surface area contributed by atoms with Gasteiger partial charge in [-0.2, -0.15) is 13.2 Å². The van der Waals surface area contributed by atoms with Crippen LogP contribution in [0, 0.1) is 12.7 Å². The highest BCUT2D eigenvalue weighted by Gasteiger charge is 2.46. The molecule has 1 heterocycles. The lowest BCUT2D eigenvalue weighted by Crippen LogP contribution is -2.24. The fraction of sp³-hybridized carbons (Fsp3) is 0.391. The Labute approximate surface area is 193 Å². The molecule has 0 atom stereocenters. The summed E-state index contributed by atoms with van der Waals surface area (Å²) in [5, 5.41) is 3.46. The van der Waals surface area contributed by atoms with E-state index in [-0.39, 0.29) is 17.8 Å². The fourth-order valence-electron chi connectivity index (χ4n) is 3.76. The minimum absolute atomic E-state index is 0.192. The number of aryl methyl sites for hydroxylation is 1. The SMILES string of the molecule is COCC1(Oc2cc3c(NCc4cc(N)cc(C(F)(F)F)c4F)nc(C)nc3cc2OC)CC1. The number of anilines is 2. The molecule has 2 aromatic carbocycles. The molecule has 7 nitrogen and oxygen atoms in total. The predicted octanol–water partition coefficient (Wildman–Crippen LogP) is 4.86. The van der Waals surface area contributed by atoms with Crippen molar-refractivity contribution in [2.24, 2.45) is 0 Å². The standard InChI is InChI=1S/C23H24F4N4O3/c1-12-30-17-9-18(33-3)19(34-22(4-5-22)11-32-2)8-15(17)21(31-12)29-10-13-6-14(28)7-16(20(13)24)23(25,26)27/h6-9H,4-5,10-11,28H2,1-3H3,(H,29,30,31). The number of nitrogens with one attached hydrogen (secondary N) is 1. The molecule has 0 aliphatic heterocycles. The second kappa shape index (κ2) is 8.79. The molecule has 4 rings (SSSR count). The highest BCUT2D eigenvalue weighted by molar-refractivity contribution is 5.91. The lowest BCUT2D eigenvalue weighted by atomic mass is 10.1. The molecule has 182 valence electrons. The smallest absolute Gasteiger partial charge is 0.419 e. The molecule has 0 amide bonds. The van der Waals surface area contributed by atoms with Crippen LogP contribution in [0.15, 0.2) is 24.3 Å². The number of benzene rings is 2. The summed E-state index contributed by atoms with van der Waals surface area (Å²) in [4.78, 5) is 8.78. The molecular formula is C23H24F4N4O3. The van der Waals surface area contributed by atoms with Gasteiger partial charge in [0, 0.05) is 36.4 Å². The number of hydrogen-bond acceptors (Lipinski definition) is 7. The van der Waals surface area contributed by atoms with Gasteiger partial charge in [-0.25, -0.2) is 14.4 Å². The van der Waals surface area contributed by atoms with Gasteiger partial charge in [0.1, 0.15) is 23.1 Å². The second-order valence-corrected chi connectivity index (χ2v) is 8.25. The summed E-state index contributed by atoms with van der Waals surface area (Å²) in [7, 11) is 3.11. The number of fused-ring (bicyclic) bond motifs is 1. The van der Waals surface area contributed by atoms with E-state index < -0.39 is 23.2 Å². The first-order valence-corrected chi connectivity index (χ1v) is 10.5. The van der Waals surface area contributed by atoms with E-state index in [2.05, 4.69) is 15.3 Å². The zero-order valence-corrected chi connectivity index (χ0v) is 18.8. The summed E-state index contributed by atoms with van der Waals surface area (Å²) in [5.41, 5.74) is 3.83. The molecule has 1 fully saturated rings. The number of ether oxygens (including phenoxy) is 3. The van der Waals surface area contributed by atoms with Crippen LogP contribution in [-0.4, -0.2) is 36.4 Å². The predicted molar refractivity (Wildman–Crippen MR) is 118 cm³/mol. The first-order chi connectivity index (χ1) is 16.0. The molecule has 0 radical (unpaired) electrons. The van der Waals surface area contributed by atoms with Gasteiger partial charge in [0.15, 0.2) is 11.5 Å². The Morgan fingerprint density at radius 3 is 2.44 bits per heavy atom. The van der Waals surface area contributed by atoms with Crippen molar-refractivity contribution in [1.82, 2.24) is 9.97 Å². The minimum atomic E-state index is -4.86. The lowest BCUT2D eigenvalue weighted by molar-refractivity contribution is -0.140. The zero-order chi connectivity index (χ0) is 24.7. The zero-order valence-electron chi connectivity index (χ0n) is 18.8. The van der Waals surface area contributed by atoms with Crippen molar-refractivity contribution in [1.29, 1.82) is 0 Å². The second-order valence-electron chi connectivity index (χ2n) is 8.25. The van der Waals surface area contributed by atoms with Gasteiger partial charge in [0.05, 0.1) is 24.8 Å². The molecule has 0 saturated heterocycles. The number of hydrogen-bond donors (Lipinski definition) is 2. The molecule has 0 bridgehead atoms. The topological polar surface area (TPSA) is 91.5 Å². The van der Waals surface area contributed by atoms with Crippen LogP contribution in [0.1, 0.15) is 29.8 Å². The summed E-state index contributed by atoms with van der Waals surface area (Å²) >= 11 is 0. The van der Waals surface area contributed by atoms with Crippen molar-refractivity contribution in [3.8, 4) is 11.5 Å². The van der Waals surface area contributed by atoms with Crippen molar-refractivity contribution in [2.75, 3.05) is 31.9 Å². The maximum atomic E-state index is 14.6. The van der Waals surface area contributed by atoms with Crippen LogP contribution in [0.5, 0.6) is 11.5 Å². The van der Waals surface area contributed by atoms with Gasteiger partial charge in [-0.1, -0.05) is 0 Å². The van der Waals surface area contributed by atoms with E-state index in [1.165, 1.54) is 7.11 Å². The Morgan fingerprint density at radius 1 is 1.09 bits per heavy atom. The van der Waals surface area contributed by atoms with E-state index in [1.807, 2.05) is 0 Å². The van der Waals surface area contributed by atoms with E-state index in [0.29, 0.717) is 46.7 Å².